The number of morpholine rings is 2. The number of carbonyl (C=O) groups is 4. The number of aliphatic hydroxyl groups is 2. The summed E-state index contributed by atoms with van der Waals surface area (Å²) < 4.78 is 16.0. The van der Waals surface area contributed by atoms with Crippen LogP contribution in [0.2, 0.25) is 0 Å². The van der Waals surface area contributed by atoms with E-state index in [0.717, 1.165) is 88.0 Å². The van der Waals surface area contributed by atoms with Gasteiger partial charge in [-0.3, -0.25) is 19.4 Å². The second kappa shape index (κ2) is 19.1. The van der Waals surface area contributed by atoms with E-state index in [1.165, 1.54) is 21.4 Å². The molecule has 6 heterocycles. The molecule has 4 fully saturated rings. The molecule has 0 aliphatic carbocycles. The SMILES string of the molecule is C=CCOC(=O)C1=C(c2ccc(CN3CCOCC3)cc2)C[C@@H]2[C@@H]([C@@H](C)O)C(=O)N12.C[C@@H](O)[C@H]1C(=O)N2C(C(=O)[O-])=C(c3ccc(CN4CCOCC4)cc3)C[C@H]12.[Na+]. The maximum absolute atomic E-state index is 12.7. The van der Waals surface area contributed by atoms with Crippen molar-refractivity contribution in [3.05, 3.63) is 94.8 Å². The van der Waals surface area contributed by atoms with Crippen molar-refractivity contribution in [3.8, 4) is 0 Å². The normalized spacial score (nSPS) is 25.4. The second-order valence-electron chi connectivity index (χ2n) is 15.5. The van der Waals surface area contributed by atoms with Crippen molar-refractivity contribution >= 4 is 34.9 Å². The molecule has 8 rings (SSSR count). The molecule has 2 amide bonds. The summed E-state index contributed by atoms with van der Waals surface area (Å²) in [5.41, 5.74) is 5.67. The molecule has 0 saturated carbocycles. The van der Waals surface area contributed by atoms with Crippen LogP contribution < -0.4 is 34.7 Å². The van der Waals surface area contributed by atoms with E-state index in [-0.39, 0.29) is 65.8 Å². The van der Waals surface area contributed by atoms with Gasteiger partial charge in [0.1, 0.15) is 12.3 Å². The van der Waals surface area contributed by atoms with Gasteiger partial charge in [0.25, 0.3) is 0 Å². The van der Waals surface area contributed by atoms with Gasteiger partial charge in [0, 0.05) is 39.3 Å². The Morgan fingerprint density at radius 1 is 0.759 bits per heavy atom. The van der Waals surface area contributed by atoms with E-state index < -0.39 is 36.0 Å². The van der Waals surface area contributed by atoms with Gasteiger partial charge in [0.2, 0.25) is 11.8 Å². The maximum Gasteiger partial charge on any atom is 1.00 e. The molecular formula is C43H51N4NaO10. The molecule has 15 heteroatoms. The predicted octanol–water partition coefficient (Wildman–Crippen LogP) is -1.83. The van der Waals surface area contributed by atoms with E-state index in [9.17, 15) is 34.5 Å². The average Bonchev–Trinajstić information content (AvgIpc) is 3.72. The van der Waals surface area contributed by atoms with Gasteiger partial charge in [-0.05, 0) is 60.1 Å². The second-order valence-corrected chi connectivity index (χ2v) is 15.5. The molecule has 0 spiro atoms. The first-order valence-electron chi connectivity index (χ1n) is 19.7. The van der Waals surface area contributed by atoms with Crippen LogP contribution in [-0.2, 0) is 46.5 Å². The number of carboxylic acids is 1. The van der Waals surface area contributed by atoms with Gasteiger partial charge in [-0.1, -0.05) is 61.2 Å². The molecule has 14 nitrogen and oxygen atoms in total. The fourth-order valence-electron chi connectivity index (χ4n) is 8.89. The van der Waals surface area contributed by atoms with Crippen molar-refractivity contribution < 1.29 is 78.3 Å². The van der Waals surface area contributed by atoms with Crippen LogP contribution in [0.1, 0.15) is 48.9 Å². The molecule has 2 N–H and O–H groups in total. The van der Waals surface area contributed by atoms with Crippen LogP contribution in [0, 0.1) is 11.8 Å². The molecule has 6 aliphatic rings. The minimum Gasteiger partial charge on any atom is -0.543 e. The van der Waals surface area contributed by atoms with Crippen LogP contribution in [0.4, 0.5) is 0 Å². The van der Waals surface area contributed by atoms with Gasteiger partial charge < -0.3 is 44.1 Å². The quantitative estimate of drug-likeness (QED) is 0.107. The molecular weight excluding hydrogens is 755 g/mol. The third kappa shape index (κ3) is 8.91. The molecule has 58 heavy (non-hydrogen) atoms. The summed E-state index contributed by atoms with van der Waals surface area (Å²) in [4.78, 5) is 56.7. The fourth-order valence-corrected chi connectivity index (χ4v) is 8.89. The van der Waals surface area contributed by atoms with Gasteiger partial charge in [-0.15, -0.1) is 0 Å². The fraction of sp³-hybridized carbons (Fsp3) is 0.488. The first kappa shape index (κ1) is 43.9. The minimum atomic E-state index is -1.35. The molecule has 2 aromatic carbocycles. The Labute approximate surface area is 361 Å². The van der Waals surface area contributed by atoms with Gasteiger partial charge in [-0.25, -0.2) is 4.79 Å². The van der Waals surface area contributed by atoms with Crippen molar-refractivity contribution in [2.45, 2.75) is 64.1 Å². The molecule has 0 bridgehead atoms. The summed E-state index contributed by atoms with van der Waals surface area (Å²) in [5, 5.41) is 31.5. The van der Waals surface area contributed by atoms with Crippen LogP contribution in [0.5, 0.6) is 0 Å². The minimum absolute atomic E-state index is 0. The zero-order valence-corrected chi connectivity index (χ0v) is 35.5. The van der Waals surface area contributed by atoms with E-state index in [4.69, 9.17) is 14.2 Å². The van der Waals surface area contributed by atoms with E-state index in [0.29, 0.717) is 24.1 Å². The van der Waals surface area contributed by atoms with E-state index >= 15 is 0 Å². The van der Waals surface area contributed by atoms with Crippen LogP contribution >= 0.6 is 0 Å². The number of aliphatic carboxylic acids is 1. The monoisotopic (exact) mass is 806 g/mol. The Morgan fingerprint density at radius 2 is 1.16 bits per heavy atom. The summed E-state index contributed by atoms with van der Waals surface area (Å²) in [5.74, 6) is -3.46. The number of fused-ring (bicyclic) bond motifs is 2. The maximum atomic E-state index is 12.7. The van der Waals surface area contributed by atoms with Gasteiger partial charge in [-0.2, -0.15) is 0 Å². The summed E-state index contributed by atoms with van der Waals surface area (Å²) in [6.45, 7) is 15.2. The number of ether oxygens (including phenoxy) is 3. The Bertz CT molecular complexity index is 1920. The molecule has 4 saturated heterocycles. The molecule has 0 aromatic heterocycles. The Hall–Kier alpha value is -3.70. The van der Waals surface area contributed by atoms with Crippen LogP contribution in [0.25, 0.3) is 11.1 Å². The Kier molecular flexibility index (Phi) is 14.5. The summed E-state index contributed by atoms with van der Waals surface area (Å²) in [6, 6.07) is 15.4. The van der Waals surface area contributed by atoms with Gasteiger partial charge in [0.05, 0.1) is 74.2 Å². The number of rotatable bonds is 12. The molecule has 6 aliphatic heterocycles. The van der Waals surface area contributed by atoms with E-state index in [1.54, 1.807) is 13.8 Å². The van der Waals surface area contributed by atoms with Crippen LogP contribution in [0.15, 0.2) is 72.6 Å². The topological polar surface area (TPSA) is 172 Å². The standard InChI is InChI=1S/C23H28N2O5.C20H24N2O5.Na/c1-3-10-30-23(28)21-18(13-19-20(15(2)26)22(27)25(19)21)17-6-4-16(5-7-17)14-24-8-11-29-12-9-24;1-12(23)17-16-10-15(18(20(25)26)22(16)19(17)24)14-4-2-13(3-5-14)11-21-6-8-27-9-7-21;/h3-7,15,19-20,26H,1,8-14H2,2H3;2-5,12,16-17,23H,6-11H2,1H3,(H,25,26);/q;;+1/p-1/t15-,19-,20-;12-,16-,17-;/m11./s1. The number of benzene rings is 2. The van der Waals surface area contributed by atoms with Gasteiger partial charge in [0.15, 0.2) is 0 Å². The third-order valence-electron chi connectivity index (χ3n) is 11.8. The smallest absolute Gasteiger partial charge is 0.543 e. The number of aliphatic hydroxyl groups excluding tert-OH is 2. The predicted molar refractivity (Wildman–Crippen MR) is 206 cm³/mol. The van der Waals surface area contributed by atoms with Crippen LogP contribution in [0.3, 0.4) is 0 Å². The first-order chi connectivity index (χ1) is 27.5. The largest absolute Gasteiger partial charge is 1.00 e. The molecule has 0 unspecified atom stereocenters. The molecule has 0 radical (unpaired) electrons. The molecule has 6 atom stereocenters. The number of β-lactam (4-membered cyclic amide) rings is 2. The zero-order valence-electron chi connectivity index (χ0n) is 33.5. The number of hydrogen-bond acceptors (Lipinski definition) is 12. The number of esters is 1. The number of nitrogens with zero attached hydrogens (tertiary/aromatic N) is 4. The number of hydrogen-bond donors (Lipinski definition) is 2. The third-order valence-corrected chi connectivity index (χ3v) is 11.8. The number of carbonyl (C=O) groups excluding carboxylic acids is 4. The molecule has 2 aromatic rings. The summed E-state index contributed by atoms with van der Waals surface area (Å²) in [6.07, 6.45) is 0.911. The summed E-state index contributed by atoms with van der Waals surface area (Å²) >= 11 is 0. The van der Waals surface area contributed by atoms with E-state index in [2.05, 4.69) is 28.5 Å². The van der Waals surface area contributed by atoms with Crippen molar-refractivity contribution in [1.29, 1.82) is 0 Å². The zero-order chi connectivity index (χ0) is 40.4. The number of carboxylic acid groups (broad SMARTS) is 1. The van der Waals surface area contributed by atoms with Crippen LogP contribution in [-0.4, -0.2) is 137 Å². The van der Waals surface area contributed by atoms with Crippen molar-refractivity contribution in [3.63, 3.8) is 0 Å². The van der Waals surface area contributed by atoms with Crippen molar-refractivity contribution in [1.82, 2.24) is 19.6 Å². The summed E-state index contributed by atoms with van der Waals surface area (Å²) in [7, 11) is 0. The Balaban J connectivity index is 0.000000193. The number of amides is 2. The molecule has 304 valence electrons. The Morgan fingerprint density at radius 3 is 1.53 bits per heavy atom. The van der Waals surface area contributed by atoms with E-state index in [1.807, 2.05) is 36.4 Å². The van der Waals surface area contributed by atoms with Crippen molar-refractivity contribution in [2.24, 2.45) is 11.8 Å². The van der Waals surface area contributed by atoms with Gasteiger partial charge >= 0.3 is 35.5 Å². The first-order valence-corrected chi connectivity index (χ1v) is 19.7. The van der Waals surface area contributed by atoms with Crippen molar-refractivity contribution in [2.75, 3.05) is 59.2 Å². The average molecular weight is 807 g/mol.